The largest absolute Gasteiger partial charge is 0.452 e. The molecule has 3 rings (SSSR count). The van der Waals surface area contributed by atoms with E-state index >= 15 is 0 Å². The normalized spacial score (nSPS) is 10.9. The second-order valence-corrected chi connectivity index (χ2v) is 6.33. The van der Waals surface area contributed by atoms with Crippen molar-refractivity contribution in [1.82, 2.24) is 0 Å². The van der Waals surface area contributed by atoms with Crippen LogP contribution in [0.3, 0.4) is 0 Å². The molecular formula is C16H10Br2O2. The quantitative estimate of drug-likeness (QED) is 0.538. The van der Waals surface area contributed by atoms with Crippen molar-refractivity contribution in [3.05, 3.63) is 68.3 Å². The summed E-state index contributed by atoms with van der Waals surface area (Å²) in [7, 11) is 0. The highest BCUT2D eigenvalue weighted by atomic mass is 79.9. The van der Waals surface area contributed by atoms with Gasteiger partial charge in [0, 0.05) is 19.9 Å². The molecule has 0 N–H and O–H groups in total. The monoisotopic (exact) mass is 392 g/mol. The molecule has 0 aliphatic carbocycles. The lowest BCUT2D eigenvalue weighted by Gasteiger charge is -2.01. The van der Waals surface area contributed by atoms with Gasteiger partial charge in [-0.15, -0.1) is 0 Å². The number of ketones is 1. The number of hydrogen-bond donors (Lipinski definition) is 0. The molecule has 0 atom stereocenters. The number of rotatable bonds is 2. The Hall–Kier alpha value is -1.39. The standard InChI is InChI=1S/C16H10Br2O2/c1-9-3-2-4-10-7-14(20-16(9)10)15(19)12-6-5-11(17)8-13(12)18/h2-8H,1H3. The number of benzene rings is 2. The average Bonchev–Trinajstić information content (AvgIpc) is 2.83. The minimum absolute atomic E-state index is 0.125. The van der Waals surface area contributed by atoms with Gasteiger partial charge >= 0.3 is 0 Å². The zero-order chi connectivity index (χ0) is 14.3. The molecule has 0 spiro atoms. The first-order chi connectivity index (χ1) is 9.56. The SMILES string of the molecule is Cc1cccc2cc(C(=O)c3ccc(Br)cc3Br)oc12. The molecule has 0 fully saturated rings. The Labute approximate surface area is 133 Å². The van der Waals surface area contributed by atoms with Crippen molar-refractivity contribution in [2.45, 2.75) is 6.92 Å². The summed E-state index contributed by atoms with van der Waals surface area (Å²) in [6.07, 6.45) is 0. The molecule has 0 bridgehead atoms. The summed E-state index contributed by atoms with van der Waals surface area (Å²) < 4.78 is 7.38. The van der Waals surface area contributed by atoms with Gasteiger partial charge in [-0.05, 0) is 52.7 Å². The number of hydrogen-bond acceptors (Lipinski definition) is 2. The Bertz CT molecular complexity index is 818. The van der Waals surface area contributed by atoms with Gasteiger partial charge in [0.25, 0.3) is 0 Å². The van der Waals surface area contributed by atoms with Gasteiger partial charge < -0.3 is 4.42 Å². The maximum atomic E-state index is 12.5. The van der Waals surface area contributed by atoms with Gasteiger partial charge in [0.2, 0.25) is 5.78 Å². The first-order valence-corrected chi connectivity index (χ1v) is 7.64. The lowest BCUT2D eigenvalue weighted by atomic mass is 10.1. The van der Waals surface area contributed by atoms with Gasteiger partial charge in [-0.2, -0.15) is 0 Å². The highest BCUT2D eigenvalue weighted by molar-refractivity contribution is 9.11. The van der Waals surface area contributed by atoms with Gasteiger partial charge in [-0.1, -0.05) is 34.1 Å². The summed E-state index contributed by atoms with van der Waals surface area (Å²) in [4.78, 5) is 12.5. The second-order valence-electron chi connectivity index (χ2n) is 4.56. The summed E-state index contributed by atoms with van der Waals surface area (Å²) in [6, 6.07) is 13.1. The number of fused-ring (bicyclic) bond motifs is 1. The summed E-state index contributed by atoms with van der Waals surface area (Å²) in [6.45, 7) is 1.97. The Balaban J connectivity index is 2.10. The number of carbonyl (C=O) groups is 1. The molecule has 2 nitrogen and oxygen atoms in total. The molecule has 2 aromatic carbocycles. The maximum Gasteiger partial charge on any atom is 0.229 e. The minimum atomic E-state index is -0.125. The van der Waals surface area contributed by atoms with Crippen molar-refractivity contribution in [2.24, 2.45) is 0 Å². The van der Waals surface area contributed by atoms with Crippen LogP contribution in [0.5, 0.6) is 0 Å². The van der Waals surface area contributed by atoms with E-state index in [0.29, 0.717) is 11.3 Å². The maximum absolute atomic E-state index is 12.5. The molecule has 0 unspecified atom stereocenters. The van der Waals surface area contributed by atoms with E-state index in [2.05, 4.69) is 31.9 Å². The lowest BCUT2D eigenvalue weighted by molar-refractivity contribution is 0.101. The third-order valence-electron chi connectivity index (χ3n) is 3.14. The van der Waals surface area contributed by atoms with E-state index in [9.17, 15) is 4.79 Å². The molecular weight excluding hydrogens is 384 g/mol. The van der Waals surface area contributed by atoms with Gasteiger partial charge in [-0.25, -0.2) is 0 Å². The molecule has 100 valence electrons. The van der Waals surface area contributed by atoms with Crippen LogP contribution in [0.4, 0.5) is 0 Å². The fourth-order valence-corrected chi connectivity index (χ4v) is 3.35. The molecule has 0 saturated carbocycles. The molecule has 0 amide bonds. The highest BCUT2D eigenvalue weighted by Crippen LogP contribution is 2.28. The molecule has 1 heterocycles. The first kappa shape index (κ1) is 13.6. The summed E-state index contributed by atoms with van der Waals surface area (Å²) >= 11 is 6.79. The zero-order valence-corrected chi connectivity index (χ0v) is 13.8. The summed E-state index contributed by atoms with van der Waals surface area (Å²) in [5.74, 6) is 0.234. The van der Waals surface area contributed by atoms with Crippen LogP contribution >= 0.6 is 31.9 Å². The van der Waals surface area contributed by atoms with Crippen LogP contribution in [0.2, 0.25) is 0 Å². The molecule has 1 aromatic heterocycles. The van der Waals surface area contributed by atoms with E-state index in [1.807, 2.05) is 37.3 Å². The van der Waals surface area contributed by atoms with E-state index < -0.39 is 0 Å². The number of aryl methyl sites for hydroxylation is 1. The van der Waals surface area contributed by atoms with E-state index in [-0.39, 0.29) is 5.78 Å². The van der Waals surface area contributed by atoms with Crippen molar-refractivity contribution in [1.29, 1.82) is 0 Å². The number of furan rings is 1. The summed E-state index contributed by atoms with van der Waals surface area (Å²) in [5, 5.41) is 0.946. The van der Waals surface area contributed by atoms with Crippen LogP contribution in [0.25, 0.3) is 11.0 Å². The Morgan fingerprint density at radius 2 is 1.90 bits per heavy atom. The third kappa shape index (κ3) is 2.34. The summed E-state index contributed by atoms with van der Waals surface area (Å²) in [5.41, 5.74) is 2.38. The van der Waals surface area contributed by atoms with Crippen molar-refractivity contribution in [3.63, 3.8) is 0 Å². The van der Waals surface area contributed by atoms with E-state index in [1.165, 1.54) is 0 Å². The van der Waals surface area contributed by atoms with Crippen LogP contribution in [0.1, 0.15) is 21.7 Å². The van der Waals surface area contributed by atoms with Crippen molar-refractivity contribution in [2.75, 3.05) is 0 Å². The Morgan fingerprint density at radius 3 is 2.60 bits per heavy atom. The van der Waals surface area contributed by atoms with Gasteiger partial charge in [0.1, 0.15) is 5.58 Å². The minimum Gasteiger partial charge on any atom is -0.452 e. The van der Waals surface area contributed by atoms with Crippen LogP contribution in [-0.4, -0.2) is 5.78 Å². The first-order valence-electron chi connectivity index (χ1n) is 6.05. The van der Waals surface area contributed by atoms with Crippen LogP contribution in [0, 0.1) is 6.92 Å². The predicted molar refractivity (Wildman–Crippen MR) is 86.2 cm³/mol. The number of para-hydroxylation sites is 1. The van der Waals surface area contributed by atoms with Crippen molar-refractivity contribution in [3.8, 4) is 0 Å². The number of carbonyl (C=O) groups excluding carboxylic acids is 1. The topological polar surface area (TPSA) is 30.2 Å². The smallest absolute Gasteiger partial charge is 0.229 e. The third-order valence-corrected chi connectivity index (χ3v) is 4.29. The van der Waals surface area contributed by atoms with Gasteiger partial charge in [0.15, 0.2) is 5.76 Å². The number of halogens is 2. The fraction of sp³-hybridized carbons (Fsp3) is 0.0625. The van der Waals surface area contributed by atoms with Crippen molar-refractivity contribution >= 4 is 48.6 Å². The molecule has 0 radical (unpaired) electrons. The molecule has 0 saturated heterocycles. The fourth-order valence-electron chi connectivity index (χ4n) is 2.13. The van der Waals surface area contributed by atoms with E-state index in [1.54, 1.807) is 12.1 Å². The molecule has 3 aromatic rings. The van der Waals surface area contributed by atoms with Crippen LogP contribution in [0.15, 0.2) is 55.8 Å². The lowest BCUT2D eigenvalue weighted by Crippen LogP contribution is -2.00. The Kier molecular flexibility index (Phi) is 3.52. The van der Waals surface area contributed by atoms with Gasteiger partial charge in [-0.3, -0.25) is 4.79 Å². The van der Waals surface area contributed by atoms with Crippen LogP contribution < -0.4 is 0 Å². The van der Waals surface area contributed by atoms with Crippen molar-refractivity contribution < 1.29 is 9.21 Å². The average molecular weight is 394 g/mol. The zero-order valence-electron chi connectivity index (χ0n) is 10.6. The highest BCUT2D eigenvalue weighted by Gasteiger charge is 2.17. The van der Waals surface area contributed by atoms with Gasteiger partial charge in [0.05, 0.1) is 0 Å². The predicted octanol–water partition coefficient (Wildman–Crippen LogP) is 5.50. The molecule has 20 heavy (non-hydrogen) atoms. The second kappa shape index (κ2) is 5.19. The molecule has 0 aliphatic rings. The van der Waals surface area contributed by atoms with E-state index in [0.717, 1.165) is 25.5 Å². The van der Waals surface area contributed by atoms with Crippen LogP contribution in [-0.2, 0) is 0 Å². The molecule has 4 heteroatoms. The van der Waals surface area contributed by atoms with E-state index in [4.69, 9.17) is 4.42 Å². The Morgan fingerprint density at radius 1 is 1.10 bits per heavy atom. The molecule has 0 aliphatic heterocycles.